The van der Waals surface area contributed by atoms with E-state index in [2.05, 4.69) is 60.3 Å². The third-order valence-corrected chi connectivity index (χ3v) is 8.84. The minimum atomic E-state index is -0.174. The van der Waals surface area contributed by atoms with Crippen LogP contribution in [-0.2, 0) is 9.59 Å². The lowest BCUT2D eigenvalue weighted by atomic mass is 10.0. The molecule has 196 valence electrons. The molecule has 5 rings (SSSR count). The van der Waals surface area contributed by atoms with E-state index in [-0.39, 0.29) is 35.4 Å². The molecule has 0 saturated heterocycles. The molecule has 2 aromatic heterocycles. The fourth-order valence-electron chi connectivity index (χ4n) is 4.79. The van der Waals surface area contributed by atoms with Crippen LogP contribution in [0.3, 0.4) is 0 Å². The molecule has 0 saturated carbocycles. The van der Waals surface area contributed by atoms with Crippen LogP contribution in [0.4, 0.5) is 5.82 Å². The molecular formula is C30H32N4O2S2. The van der Waals surface area contributed by atoms with Gasteiger partial charge in [0.1, 0.15) is 12.4 Å². The lowest BCUT2D eigenvalue weighted by Gasteiger charge is -2.24. The molecular weight excluding hydrogens is 512 g/mol. The number of carbonyl (C=O) groups excluding carboxylic acids is 2. The zero-order chi connectivity index (χ0) is 26.8. The third-order valence-electron chi connectivity index (χ3n) is 6.88. The summed E-state index contributed by atoms with van der Waals surface area (Å²) in [5.41, 5.74) is 7.00. The Morgan fingerprint density at radius 1 is 1.16 bits per heavy atom. The first-order chi connectivity index (χ1) is 18.4. The zero-order valence-electron chi connectivity index (χ0n) is 22.1. The van der Waals surface area contributed by atoms with Gasteiger partial charge in [0.2, 0.25) is 11.8 Å². The number of nitrogens with zero attached hydrogens (tertiary/aromatic N) is 3. The number of fused-ring (bicyclic) bond motifs is 1. The molecule has 0 radical (unpaired) electrons. The quantitative estimate of drug-likeness (QED) is 0.296. The number of amides is 2. The topological polar surface area (TPSA) is 67.2 Å². The Balaban J connectivity index is 1.78. The van der Waals surface area contributed by atoms with Gasteiger partial charge in [-0.1, -0.05) is 55.0 Å². The molecule has 1 aliphatic heterocycles. The van der Waals surface area contributed by atoms with Crippen LogP contribution in [0.25, 0.3) is 16.9 Å². The van der Waals surface area contributed by atoms with Gasteiger partial charge in [-0.2, -0.15) is 16.4 Å². The summed E-state index contributed by atoms with van der Waals surface area (Å²) in [6.45, 7) is 8.07. The fourth-order valence-corrected chi connectivity index (χ4v) is 6.75. The van der Waals surface area contributed by atoms with Gasteiger partial charge in [0.15, 0.2) is 0 Å². The number of nitrogens with one attached hydrogen (secondary N) is 1. The molecule has 38 heavy (non-hydrogen) atoms. The third kappa shape index (κ3) is 5.15. The standard InChI is InChI=1S/C30H32N4O2S2/c1-5-21(4)31-25(35)16-33-26(36)18-38-29(23-13-14-37-17-23)27-28(22-9-7-6-8-10-22)32-34(30(27)33)24-12-11-19(2)15-20(24)3/h6-15,17,21,29H,5,16,18H2,1-4H3,(H,31,35). The second-order valence-electron chi connectivity index (χ2n) is 9.76. The van der Waals surface area contributed by atoms with Gasteiger partial charge in [0, 0.05) is 17.2 Å². The van der Waals surface area contributed by atoms with Crippen LogP contribution < -0.4 is 10.2 Å². The van der Waals surface area contributed by atoms with Crippen LogP contribution in [0.2, 0.25) is 0 Å². The first-order valence-corrected chi connectivity index (χ1v) is 14.9. The highest BCUT2D eigenvalue weighted by atomic mass is 32.2. The SMILES string of the molecule is CCC(C)NC(=O)CN1C(=O)CSC(c2ccsc2)c2c(-c3ccccc3)nn(-c3ccc(C)cc3C)c21. The highest BCUT2D eigenvalue weighted by Crippen LogP contribution is 2.49. The zero-order valence-corrected chi connectivity index (χ0v) is 23.7. The average Bonchev–Trinajstić information content (AvgIpc) is 3.54. The highest BCUT2D eigenvalue weighted by molar-refractivity contribution is 8.00. The molecule has 0 aliphatic carbocycles. The summed E-state index contributed by atoms with van der Waals surface area (Å²) in [5, 5.41) is 12.3. The summed E-state index contributed by atoms with van der Waals surface area (Å²) >= 11 is 3.24. The fraction of sp³-hybridized carbons (Fsp3) is 0.300. The number of rotatable bonds is 7. The molecule has 1 aliphatic rings. The van der Waals surface area contributed by atoms with Crippen molar-refractivity contribution in [3.05, 3.63) is 87.6 Å². The molecule has 3 heterocycles. The Kier molecular flexibility index (Phi) is 7.72. The van der Waals surface area contributed by atoms with Crippen molar-refractivity contribution in [2.45, 2.75) is 45.4 Å². The molecule has 2 atom stereocenters. The Morgan fingerprint density at radius 3 is 2.63 bits per heavy atom. The number of aryl methyl sites for hydroxylation is 2. The first kappa shape index (κ1) is 26.3. The van der Waals surface area contributed by atoms with Crippen molar-refractivity contribution in [1.82, 2.24) is 15.1 Å². The number of aromatic nitrogens is 2. The lowest BCUT2D eigenvalue weighted by Crippen LogP contribution is -2.44. The number of thiophene rings is 1. The number of carbonyl (C=O) groups is 2. The Labute approximate surface area is 232 Å². The monoisotopic (exact) mass is 544 g/mol. The van der Waals surface area contributed by atoms with Crippen molar-refractivity contribution in [3.63, 3.8) is 0 Å². The summed E-state index contributed by atoms with van der Waals surface area (Å²) in [5.74, 6) is 0.666. The molecule has 0 fully saturated rings. The van der Waals surface area contributed by atoms with Crippen molar-refractivity contribution in [1.29, 1.82) is 0 Å². The van der Waals surface area contributed by atoms with Gasteiger partial charge in [-0.05, 0) is 61.2 Å². The number of anilines is 1. The molecule has 2 amide bonds. The maximum atomic E-state index is 13.7. The maximum Gasteiger partial charge on any atom is 0.240 e. The smallest absolute Gasteiger partial charge is 0.240 e. The van der Waals surface area contributed by atoms with Gasteiger partial charge in [0.05, 0.1) is 22.4 Å². The van der Waals surface area contributed by atoms with E-state index >= 15 is 0 Å². The van der Waals surface area contributed by atoms with E-state index in [0.717, 1.165) is 45.6 Å². The van der Waals surface area contributed by atoms with E-state index in [1.54, 1.807) is 28.0 Å². The van der Waals surface area contributed by atoms with E-state index in [0.29, 0.717) is 5.82 Å². The summed E-state index contributed by atoms with van der Waals surface area (Å²) in [6.07, 6.45) is 0.819. The van der Waals surface area contributed by atoms with Gasteiger partial charge in [-0.3, -0.25) is 14.5 Å². The van der Waals surface area contributed by atoms with Crippen LogP contribution in [0, 0.1) is 13.8 Å². The summed E-state index contributed by atoms with van der Waals surface area (Å²) in [6, 6.07) is 18.5. The van der Waals surface area contributed by atoms with E-state index in [9.17, 15) is 9.59 Å². The van der Waals surface area contributed by atoms with Crippen LogP contribution in [0.5, 0.6) is 0 Å². The number of hydrogen-bond acceptors (Lipinski definition) is 5. The molecule has 2 unspecified atom stereocenters. The Bertz CT molecular complexity index is 1450. The molecule has 0 spiro atoms. The maximum absolute atomic E-state index is 13.7. The summed E-state index contributed by atoms with van der Waals surface area (Å²) in [7, 11) is 0. The molecule has 8 heteroatoms. The molecule has 0 bridgehead atoms. The number of thioether (sulfide) groups is 1. The molecule has 6 nitrogen and oxygen atoms in total. The van der Waals surface area contributed by atoms with Crippen LogP contribution in [0.15, 0.2) is 65.4 Å². The molecule has 2 aromatic carbocycles. The predicted octanol–water partition coefficient (Wildman–Crippen LogP) is 6.30. The number of hydrogen-bond donors (Lipinski definition) is 1. The molecule has 4 aromatic rings. The van der Waals surface area contributed by atoms with Crippen molar-refractivity contribution >= 4 is 40.7 Å². The van der Waals surface area contributed by atoms with E-state index < -0.39 is 0 Å². The number of benzene rings is 2. The largest absolute Gasteiger partial charge is 0.352 e. The van der Waals surface area contributed by atoms with Crippen LogP contribution in [-0.4, -0.2) is 39.9 Å². The predicted molar refractivity (Wildman–Crippen MR) is 157 cm³/mol. The lowest BCUT2D eigenvalue weighted by molar-refractivity contribution is -0.123. The van der Waals surface area contributed by atoms with Gasteiger partial charge < -0.3 is 5.32 Å². The second kappa shape index (κ2) is 11.2. The van der Waals surface area contributed by atoms with Crippen LogP contribution >= 0.6 is 23.1 Å². The Morgan fingerprint density at radius 2 is 1.95 bits per heavy atom. The minimum Gasteiger partial charge on any atom is -0.352 e. The second-order valence-corrected chi connectivity index (χ2v) is 11.6. The van der Waals surface area contributed by atoms with Crippen molar-refractivity contribution in [2.75, 3.05) is 17.2 Å². The van der Waals surface area contributed by atoms with Gasteiger partial charge in [-0.25, -0.2) is 4.68 Å². The minimum absolute atomic E-state index is 0.0288. The van der Waals surface area contributed by atoms with E-state index in [4.69, 9.17) is 5.10 Å². The van der Waals surface area contributed by atoms with Gasteiger partial charge in [-0.15, -0.1) is 11.8 Å². The highest BCUT2D eigenvalue weighted by Gasteiger charge is 2.38. The first-order valence-electron chi connectivity index (χ1n) is 12.9. The van der Waals surface area contributed by atoms with Gasteiger partial charge >= 0.3 is 0 Å². The van der Waals surface area contributed by atoms with Gasteiger partial charge in [0.25, 0.3) is 0 Å². The van der Waals surface area contributed by atoms with Crippen molar-refractivity contribution in [2.24, 2.45) is 0 Å². The molecule has 1 N–H and O–H groups in total. The van der Waals surface area contributed by atoms with Crippen molar-refractivity contribution < 1.29 is 9.59 Å². The van der Waals surface area contributed by atoms with Crippen LogP contribution in [0.1, 0.15) is 47.8 Å². The van der Waals surface area contributed by atoms with E-state index in [1.807, 2.05) is 42.8 Å². The van der Waals surface area contributed by atoms with E-state index in [1.165, 1.54) is 0 Å². The average molecular weight is 545 g/mol. The Hall–Kier alpha value is -3.36. The summed E-state index contributed by atoms with van der Waals surface area (Å²) in [4.78, 5) is 28.5. The van der Waals surface area contributed by atoms with Crippen molar-refractivity contribution in [3.8, 4) is 16.9 Å². The normalized spacial score (nSPS) is 16.2. The summed E-state index contributed by atoms with van der Waals surface area (Å²) < 4.78 is 1.88.